The molecule has 2 atom stereocenters. The molecule has 4 heterocycles. The van der Waals surface area contributed by atoms with Crippen LogP contribution in [0.25, 0.3) is 10.9 Å². The van der Waals surface area contributed by atoms with Crippen LogP contribution in [0.4, 0.5) is 0 Å². The second-order valence-corrected chi connectivity index (χ2v) is 7.97. The molecule has 5 rings (SSSR count). The molecule has 138 valence electrons. The van der Waals surface area contributed by atoms with Gasteiger partial charge in [0.1, 0.15) is 5.52 Å². The predicted molar refractivity (Wildman–Crippen MR) is 100 cm³/mol. The Bertz CT molecular complexity index is 916. The van der Waals surface area contributed by atoms with Crippen LogP contribution < -0.4 is 9.47 Å². The summed E-state index contributed by atoms with van der Waals surface area (Å²) in [6.45, 7) is 4.48. The Morgan fingerprint density at radius 3 is 2.81 bits per heavy atom. The van der Waals surface area contributed by atoms with E-state index in [0.717, 1.165) is 43.3 Å². The van der Waals surface area contributed by atoms with Crippen molar-refractivity contribution in [1.82, 2.24) is 9.47 Å². The number of nitrogens with zero attached hydrogens (tertiary/aromatic N) is 2. The molecule has 1 saturated heterocycles. The van der Waals surface area contributed by atoms with Gasteiger partial charge in [0, 0.05) is 29.5 Å². The summed E-state index contributed by atoms with van der Waals surface area (Å²) in [7, 11) is 3.31. The number of ether oxygens (including phenoxy) is 2. The van der Waals surface area contributed by atoms with Gasteiger partial charge in [0.05, 0.1) is 20.3 Å². The summed E-state index contributed by atoms with van der Waals surface area (Å²) in [6, 6.07) is 4.43. The number of carbonyl (C=O) groups is 1. The Kier molecular flexibility index (Phi) is 3.42. The molecule has 26 heavy (non-hydrogen) atoms. The lowest BCUT2D eigenvalue weighted by Crippen LogP contribution is -2.53. The molecule has 5 nitrogen and oxygen atoms in total. The Hall–Kier alpha value is -2.01. The van der Waals surface area contributed by atoms with E-state index in [9.17, 15) is 4.79 Å². The van der Waals surface area contributed by atoms with Gasteiger partial charge >= 0.3 is 0 Å². The number of rotatable bonds is 3. The monoisotopic (exact) mass is 354 g/mol. The molecule has 3 aliphatic rings. The summed E-state index contributed by atoms with van der Waals surface area (Å²) < 4.78 is 13.2. The highest BCUT2D eigenvalue weighted by Gasteiger charge is 2.53. The number of aromatic nitrogens is 1. The Morgan fingerprint density at radius 1 is 1.23 bits per heavy atom. The van der Waals surface area contributed by atoms with Crippen molar-refractivity contribution in [3.63, 3.8) is 0 Å². The number of fused-ring (bicyclic) bond motifs is 3. The van der Waals surface area contributed by atoms with Gasteiger partial charge in [-0.25, -0.2) is 0 Å². The molecule has 0 amide bonds. The van der Waals surface area contributed by atoms with Crippen molar-refractivity contribution >= 4 is 16.8 Å². The van der Waals surface area contributed by atoms with Crippen LogP contribution in [0.1, 0.15) is 54.7 Å². The number of carbonyl (C=O) groups excluding carboxylic acids is 1. The van der Waals surface area contributed by atoms with Gasteiger partial charge in [-0.1, -0.05) is 6.92 Å². The minimum Gasteiger partial charge on any atom is -0.493 e. The van der Waals surface area contributed by atoms with E-state index in [2.05, 4.69) is 17.9 Å². The molecule has 0 spiro atoms. The van der Waals surface area contributed by atoms with E-state index in [1.54, 1.807) is 14.2 Å². The van der Waals surface area contributed by atoms with Gasteiger partial charge in [-0.05, 0) is 49.9 Å². The van der Waals surface area contributed by atoms with Gasteiger partial charge in [-0.15, -0.1) is 0 Å². The molecule has 5 heteroatoms. The number of methoxy groups -OCH3 is 2. The van der Waals surface area contributed by atoms with Crippen molar-refractivity contribution in [2.75, 3.05) is 27.3 Å². The first kappa shape index (κ1) is 16.2. The summed E-state index contributed by atoms with van der Waals surface area (Å²) in [5.74, 6) is 1.58. The van der Waals surface area contributed by atoms with Crippen LogP contribution in [0.5, 0.6) is 11.5 Å². The fraction of sp³-hybridized carbons (Fsp3) is 0.571. The van der Waals surface area contributed by atoms with Crippen molar-refractivity contribution in [2.45, 2.75) is 45.1 Å². The van der Waals surface area contributed by atoms with Gasteiger partial charge in [0.15, 0.2) is 11.5 Å². The molecule has 1 aromatic carbocycles. The second-order valence-electron chi connectivity index (χ2n) is 7.97. The van der Waals surface area contributed by atoms with Crippen molar-refractivity contribution in [3.05, 3.63) is 23.4 Å². The molecule has 3 aliphatic heterocycles. The van der Waals surface area contributed by atoms with E-state index in [4.69, 9.17) is 9.47 Å². The molecule has 1 fully saturated rings. The Morgan fingerprint density at radius 2 is 2.08 bits per heavy atom. The van der Waals surface area contributed by atoms with Crippen LogP contribution in [0.2, 0.25) is 0 Å². The molecule has 0 aliphatic carbocycles. The zero-order valence-electron chi connectivity index (χ0n) is 15.8. The molecule has 0 bridgehead atoms. The minimum absolute atomic E-state index is 0.0895. The fourth-order valence-electron chi connectivity index (χ4n) is 5.89. The van der Waals surface area contributed by atoms with E-state index in [1.165, 1.54) is 17.7 Å². The first-order chi connectivity index (χ1) is 12.6. The number of hydrogen-bond acceptors (Lipinski definition) is 4. The maximum Gasteiger partial charge on any atom is 0.232 e. The second kappa shape index (κ2) is 5.49. The Labute approximate surface area is 153 Å². The zero-order valence-corrected chi connectivity index (χ0v) is 15.8. The van der Waals surface area contributed by atoms with E-state index in [-0.39, 0.29) is 11.3 Å². The number of benzene rings is 1. The SMILES string of the molecule is CC[C@@]12CCCN3CCc4c(n(c5c(OC)c(OC)ccc45)C(=O)C1)[C@H]32. The lowest BCUT2D eigenvalue weighted by Gasteiger charge is -2.54. The first-order valence-corrected chi connectivity index (χ1v) is 9.70. The largest absolute Gasteiger partial charge is 0.493 e. The van der Waals surface area contributed by atoms with Crippen LogP contribution in [-0.2, 0) is 6.42 Å². The standard InChI is InChI=1S/C21H26N2O3/c1-4-21-9-5-10-22-11-8-14-13-6-7-15(25-2)19(26-3)17(13)23(16(24)12-21)18(14)20(21)22/h6-7,20H,4-5,8-12H2,1-3H3/t20-,21+/m0/s1. The lowest BCUT2D eigenvalue weighted by atomic mass is 9.64. The van der Waals surface area contributed by atoms with Gasteiger partial charge in [-0.2, -0.15) is 0 Å². The van der Waals surface area contributed by atoms with Crippen molar-refractivity contribution in [3.8, 4) is 11.5 Å². The topological polar surface area (TPSA) is 43.7 Å². The van der Waals surface area contributed by atoms with Crippen LogP contribution in [0, 0.1) is 5.41 Å². The maximum absolute atomic E-state index is 13.4. The molecule has 0 saturated carbocycles. The number of piperidine rings is 1. The molecule has 2 aromatic rings. The first-order valence-electron chi connectivity index (χ1n) is 9.70. The normalized spacial score (nSPS) is 27.5. The molecular formula is C21H26N2O3. The molecule has 0 unspecified atom stereocenters. The lowest BCUT2D eigenvalue weighted by molar-refractivity contribution is -0.0174. The Balaban J connectivity index is 1.88. The van der Waals surface area contributed by atoms with E-state index >= 15 is 0 Å². The van der Waals surface area contributed by atoms with Crippen LogP contribution >= 0.6 is 0 Å². The smallest absolute Gasteiger partial charge is 0.232 e. The quantitative estimate of drug-likeness (QED) is 0.841. The highest BCUT2D eigenvalue weighted by Crippen LogP contribution is 2.58. The summed E-state index contributed by atoms with van der Waals surface area (Å²) in [5, 5.41) is 1.16. The third-order valence-corrected chi connectivity index (χ3v) is 7.05. The van der Waals surface area contributed by atoms with Crippen molar-refractivity contribution < 1.29 is 14.3 Å². The molecule has 1 aromatic heterocycles. The average Bonchev–Trinajstić information content (AvgIpc) is 3.01. The van der Waals surface area contributed by atoms with E-state index < -0.39 is 0 Å². The third kappa shape index (κ3) is 1.82. The fourth-order valence-corrected chi connectivity index (χ4v) is 5.89. The third-order valence-electron chi connectivity index (χ3n) is 7.05. The highest BCUT2D eigenvalue weighted by molar-refractivity contribution is 6.01. The summed E-state index contributed by atoms with van der Waals surface area (Å²) in [5.41, 5.74) is 3.57. The summed E-state index contributed by atoms with van der Waals surface area (Å²) >= 11 is 0. The predicted octanol–water partition coefficient (Wildman–Crippen LogP) is 3.79. The van der Waals surface area contributed by atoms with Crippen molar-refractivity contribution in [2.24, 2.45) is 5.41 Å². The molecule has 0 N–H and O–H groups in total. The molecular weight excluding hydrogens is 328 g/mol. The van der Waals surface area contributed by atoms with E-state index in [1.807, 2.05) is 10.6 Å². The van der Waals surface area contributed by atoms with Crippen LogP contribution in [0.3, 0.4) is 0 Å². The van der Waals surface area contributed by atoms with Crippen LogP contribution in [-0.4, -0.2) is 42.7 Å². The van der Waals surface area contributed by atoms with Gasteiger partial charge in [-0.3, -0.25) is 14.3 Å². The zero-order chi connectivity index (χ0) is 18.1. The van der Waals surface area contributed by atoms with E-state index in [0.29, 0.717) is 24.0 Å². The van der Waals surface area contributed by atoms with Gasteiger partial charge < -0.3 is 9.47 Å². The van der Waals surface area contributed by atoms with Gasteiger partial charge in [0.2, 0.25) is 5.91 Å². The number of hydrogen-bond donors (Lipinski definition) is 0. The maximum atomic E-state index is 13.4. The van der Waals surface area contributed by atoms with Gasteiger partial charge in [0.25, 0.3) is 0 Å². The van der Waals surface area contributed by atoms with Crippen LogP contribution in [0.15, 0.2) is 12.1 Å². The minimum atomic E-state index is 0.0895. The average molecular weight is 354 g/mol. The summed E-state index contributed by atoms with van der Waals surface area (Å²) in [4.78, 5) is 16.0. The summed E-state index contributed by atoms with van der Waals surface area (Å²) in [6.07, 6.45) is 5.03. The van der Waals surface area contributed by atoms with Crippen molar-refractivity contribution in [1.29, 1.82) is 0 Å². The highest BCUT2D eigenvalue weighted by atomic mass is 16.5. The molecule has 0 radical (unpaired) electrons.